The highest BCUT2D eigenvalue weighted by atomic mass is 19.4. The zero-order valence-electron chi connectivity index (χ0n) is 10.5. The molecule has 0 saturated heterocycles. The number of methoxy groups -OCH3 is 1. The van der Waals surface area contributed by atoms with Crippen molar-refractivity contribution in [1.29, 1.82) is 0 Å². The Hall–Kier alpha value is -1.80. The van der Waals surface area contributed by atoms with Crippen molar-refractivity contribution in [1.82, 2.24) is 0 Å². The first-order chi connectivity index (χ1) is 9.16. The number of nitrogens with two attached hydrogens (primary N) is 1. The van der Waals surface area contributed by atoms with Crippen LogP contribution in [0.2, 0.25) is 0 Å². The molecule has 1 aromatic rings. The van der Waals surface area contributed by atoms with Gasteiger partial charge in [-0.05, 0) is 17.7 Å². The number of ether oxygens (including phenoxy) is 1. The lowest BCUT2D eigenvalue weighted by molar-refractivity contribution is -0.138. The normalized spacial score (nSPS) is 14.7. The fraction of sp³-hybridized carbons (Fsp3) is 0.417. The van der Waals surface area contributed by atoms with Gasteiger partial charge in [0.05, 0.1) is 25.2 Å². The number of aliphatic hydroxyl groups is 2. The van der Waals surface area contributed by atoms with Crippen molar-refractivity contribution in [2.75, 3.05) is 7.11 Å². The van der Waals surface area contributed by atoms with E-state index in [-0.39, 0.29) is 5.56 Å². The van der Waals surface area contributed by atoms with Crippen LogP contribution in [-0.2, 0) is 11.0 Å². The second-order valence-corrected chi connectivity index (χ2v) is 4.14. The van der Waals surface area contributed by atoms with Crippen LogP contribution in [0.5, 0.6) is 5.75 Å². The van der Waals surface area contributed by atoms with Crippen LogP contribution in [0.4, 0.5) is 13.2 Å². The molecule has 1 rings (SSSR count). The van der Waals surface area contributed by atoms with Crippen LogP contribution in [-0.4, -0.2) is 29.3 Å². The maximum atomic E-state index is 12.6. The molecule has 5 nitrogen and oxygen atoms in total. The molecule has 2 atom stereocenters. The summed E-state index contributed by atoms with van der Waals surface area (Å²) < 4.78 is 42.6. The number of aliphatic hydroxyl groups excluding tert-OH is 2. The molecule has 0 spiro atoms. The van der Waals surface area contributed by atoms with E-state index < -0.39 is 42.0 Å². The Labute approximate surface area is 112 Å². The quantitative estimate of drug-likeness (QED) is 0.754. The molecule has 1 aromatic carbocycles. The van der Waals surface area contributed by atoms with Crippen LogP contribution in [0, 0.1) is 0 Å². The van der Waals surface area contributed by atoms with Gasteiger partial charge in [-0.15, -0.1) is 0 Å². The van der Waals surface area contributed by atoms with Crippen LogP contribution >= 0.6 is 0 Å². The summed E-state index contributed by atoms with van der Waals surface area (Å²) in [5, 5.41) is 19.3. The third-order valence-corrected chi connectivity index (χ3v) is 2.65. The van der Waals surface area contributed by atoms with Crippen LogP contribution in [0.25, 0.3) is 0 Å². The lowest BCUT2D eigenvalue weighted by Gasteiger charge is -2.19. The van der Waals surface area contributed by atoms with Gasteiger partial charge in [0.1, 0.15) is 11.9 Å². The number of carbonyl (C=O) groups excluding carboxylic acids is 1. The molecule has 2 unspecified atom stereocenters. The first kappa shape index (κ1) is 16.3. The van der Waals surface area contributed by atoms with Crippen LogP contribution in [0.3, 0.4) is 0 Å². The van der Waals surface area contributed by atoms with Crippen molar-refractivity contribution < 1.29 is 32.9 Å². The van der Waals surface area contributed by atoms with Crippen molar-refractivity contribution in [3.8, 4) is 5.75 Å². The Kier molecular flexibility index (Phi) is 4.96. The van der Waals surface area contributed by atoms with E-state index in [1.807, 2.05) is 0 Å². The van der Waals surface area contributed by atoms with Gasteiger partial charge in [0.15, 0.2) is 0 Å². The Bertz CT molecular complexity index is 490. The van der Waals surface area contributed by atoms with Crippen molar-refractivity contribution in [3.05, 3.63) is 29.3 Å². The number of rotatable bonds is 5. The summed E-state index contributed by atoms with van der Waals surface area (Å²) in [4.78, 5) is 10.6. The largest absolute Gasteiger partial charge is 0.496 e. The summed E-state index contributed by atoms with van der Waals surface area (Å²) in [7, 11) is 1.06. The highest BCUT2D eigenvalue weighted by molar-refractivity contribution is 5.74. The summed E-state index contributed by atoms with van der Waals surface area (Å²) in [6.45, 7) is 0. The first-order valence-electron chi connectivity index (χ1n) is 5.56. The Balaban J connectivity index is 3.06. The zero-order chi connectivity index (χ0) is 15.5. The average molecular weight is 293 g/mol. The molecule has 4 N–H and O–H groups in total. The van der Waals surface area contributed by atoms with Gasteiger partial charge in [0, 0.05) is 0 Å². The number of halogens is 3. The number of carbonyl (C=O) groups is 1. The highest BCUT2D eigenvalue weighted by Crippen LogP contribution is 2.37. The minimum absolute atomic E-state index is 0.0106. The van der Waals surface area contributed by atoms with Crippen molar-refractivity contribution >= 4 is 5.91 Å². The fourth-order valence-corrected chi connectivity index (χ4v) is 1.67. The van der Waals surface area contributed by atoms with Gasteiger partial charge in [-0.1, -0.05) is 6.07 Å². The number of hydrogen-bond acceptors (Lipinski definition) is 4. The summed E-state index contributed by atoms with van der Waals surface area (Å²) in [6.07, 6.45) is -8.15. The molecule has 112 valence electrons. The van der Waals surface area contributed by atoms with Crippen molar-refractivity contribution in [2.24, 2.45) is 5.73 Å². The first-order valence-corrected chi connectivity index (χ1v) is 5.56. The third-order valence-electron chi connectivity index (χ3n) is 2.65. The lowest BCUT2D eigenvalue weighted by atomic mass is 10.00. The van der Waals surface area contributed by atoms with Gasteiger partial charge in [-0.25, -0.2) is 0 Å². The van der Waals surface area contributed by atoms with Crippen LogP contribution in [0.1, 0.15) is 23.7 Å². The lowest BCUT2D eigenvalue weighted by Crippen LogP contribution is -2.25. The van der Waals surface area contributed by atoms with E-state index in [0.717, 1.165) is 25.3 Å². The Morgan fingerprint density at radius 2 is 2.00 bits per heavy atom. The van der Waals surface area contributed by atoms with E-state index in [1.165, 1.54) is 0 Å². The smallest absolute Gasteiger partial charge is 0.419 e. The molecular formula is C12H14F3NO4. The molecule has 0 aromatic heterocycles. The molecule has 0 aliphatic carbocycles. The molecule has 0 bridgehead atoms. The van der Waals surface area contributed by atoms with E-state index in [0.29, 0.717) is 0 Å². The summed E-state index contributed by atoms with van der Waals surface area (Å²) in [6, 6.07) is 2.69. The average Bonchev–Trinajstić information content (AvgIpc) is 2.35. The standard InChI is InChI=1S/C12H14F3NO4/c1-20-9-4-6(2-3-7(9)12(13,14)15)11(19)8(17)5-10(16)18/h2-4,8,11,17,19H,5H2,1H3,(H2,16,18). The van der Waals surface area contributed by atoms with E-state index in [4.69, 9.17) is 5.73 Å². The van der Waals surface area contributed by atoms with Gasteiger partial charge in [-0.2, -0.15) is 13.2 Å². The number of benzene rings is 1. The van der Waals surface area contributed by atoms with Crippen molar-refractivity contribution in [2.45, 2.75) is 24.8 Å². The van der Waals surface area contributed by atoms with Crippen LogP contribution in [0.15, 0.2) is 18.2 Å². The SMILES string of the molecule is COc1cc(C(O)C(O)CC(N)=O)ccc1C(F)(F)F. The second kappa shape index (κ2) is 6.10. The van der Waals surface area contributed by atoms with Gasteiger partial charge < -0.3 is 20.7 Å². The Morgan fingerprint density at radius 3 is 2.45 bits per heavy atom. The zero-order valence-corrected chi connectivity index (χ0v) is 10.5. The molecule has 8 heteroatoms. The second-order valence-electron chi connectivity index (χ2n) is 4.14. The predicted octanol–water partition coefficient (Wildman–Crippen LogP) is 0.984. The number of alkyl halides is 3. The molecule has 20 heavy (non-hydrogen) atoms. The van der Waals surface area contributed by atoms with E-state index in [9.17, 15) is 28.2 Å². The van der Waals surface area contributed by atoms with Gasteiger partial charge >= 0.3 is 6.18 Å². The molecule has 1 amide bonds. The van der Waals surface area contributed by atoms with E-state index in [1.54, 1.807) is 0 Å². The third kappa shape index (κ3) is 3.84. The topological polar surface area (TPSA) is 92.8 Å². The minimum Gasteiger partial charge on any atom is -0.496 e. The van der Waals surface area contributed by atoms with Gasteiger partial charge in [-0.3, -0.25) is 4.79 Å². The summed E-state index contributed by atoms with van der Waals surface area (Å²) in [5.41, 5.74) is 3.85. The monoisotopic (exact) mass is 293 g/mol. The minimum atomic E-state index is -4.60. The number of amides is 1. The van der Waals surface area contributed by atoms with Gasteiger partial charge in [0.2, 0.25) is 5.91 Å². The molecule has 0 heterocycles. The maximum absolute atomic E-state index is 12.6. The number of hydrogen-bond donors (Lipinski definition) is 3. The molecule has 0 radical (unpaired) electrons. The molecule has 0 aliphatic heterocycles. The summed E-state index contributed by atoms with van der Waals surface area (Å²) >= 11 is 0. The summed E-state index contributed by atoms with van der Waals surface area (Å²) in [5.74, 6) is -1.32. The molecule has 0 saturated carbocycles. The molecule has 0 aliphatic rings. The highest BCUT2D eigenvalue weighted by Gasteiger charge is 2.35. The fourth-order valence-electron chi connectivity index (χ4n) is 1.67. The predicted molar refractivity (Wildman–Crippen MR) is 62.8 cm³/mol. The van der Waals surface area contributed by atoms with Crippen LogP contribution < -0.4 is 10.5 Å². The number of primary amides is 1. The molecular weight excluding hydrogens is 279 g/mol. The van der Waals surface area contributed by atoms with Gasteiger partial charge in [0.25, 0.3) is 0 Å². The Morgan fingerprint density at radius 1 is 1.40 bits per heavy atom. The molecule has 0 fully saturated rings. The van der Waals surface area contributed by atoms with Crippen molar-refractivity contribution in [3.63, 3.8) is 0 Å². The van der Waals surface area contributed by atoms with E-state index in [2.05, 4.69) is 4.74 Å². The maximum Gasteiger partial charge on any atom is 0.419 e. The van der Waals surface area contributed by atoms with E-state index >= 15 is 0 Å².